The summed E-state index contributed by atoms with van der Waals surface area (Å²) in [5.41, 5.74) is -0.456. The van der Waals surface area contributed by atoms with Gasteiger partial charge < -0.3 is 19.9 Å². The number of carbonyl (C=O) groups excluding carboxylic acids is 1. The average molecular weight is 310 g/mol. The molecule has 0 spiro atoms. The summed E-state index contributed by atoms with van der Waals surface area (Å²) in [5, 5.41) is 10.2. The summed E-state index contributed by atoms with van der Waals surface area (Å²) < 4.78 is 10.4. The highest BCUT2D eigenvalue weighted by atomic mass is 16.6. The van der Waals surface area contributed by atoms with E-state index in [4.69, 9.17) is 9.26 Å². The van der Waals surface area contributed by atoms with Crippen LogP contribution >= 0.6 is 0 Å². The van der Waals surface area contributed by atoms with Gasteiger partial charge in [0.2, 0.25) is 5.89 Å². The highest BCUT2D eigenvalue weighted by Gasteiger charge is 2.27. The minimum Gasteiger partial charge on any atom is -0.444 e. The molecular weight excluding hydrogens is 284 g/mol. The fraction of sp³-hybridized carbons (Fsp3) is 0.800. The summed E-state index contributed by atoms with van der Waals surface area (Å²) in [6.45, 7) is 8.20. The Bertz CT molecular complexity index is 495. The summed E-state index contributed by atoms with van der Waals surface area (Å²) in [6, 6.07) is 0.585. The molecule has 2 atom stereocenters. The molecule has 1 aromatic rings. The van der Waals surface area contributed by atoms with Gasteiger partial charge in [0, 0.05) is 25.0 Å². The molecule has 0 aromatic carbocycles. The summed E-state index contributed by atoms with van der Waals surface area (Å²) in [4.78, 5) is 15.9. The third-order valence-corrected chi connectivity index (χ3v) is 3.49. The number of nitrogens with one attached hydrogen (secondary N) is 2. The van der Waals surface area contributed by atoms with Gasteiger partial charge in [0.15, 0.2) is 5.82 Å². The third kappa shape index (κ3) is 5.63. The molecule has 22 heavy (non-hydrogen) atoms. The van der Waals surface area contributed by atoms with Crippen LogP contribution in [-0.4, -0.2) is 40.5 Å². The second kappa shape index (κ2) is 7.09. The van der Waals surface area contributed by atoms with Gasteiger partial charge >= 0.3 is 6.09 Å². The molecule has 1 saturated carbocycles. The lowest BCUT2D eigenvalue weighted by Crippen LogP contribution is -2.39. The SMILES string of the molecule is Cc1noc(CCNC2CCC(NC(=O)OC(C)(C)C)C2)n1. The van der Waals surface area contributed by atoms with Crippen molar-refractivity contribution in [2.24, 2.45) is 0 Å². The van der Waals surface area contributed by atoms with E-state index >= 15 is 0 Å². The van der Waals surface area contributed by atoms with E-state index in [2.05, 4.69) is 20.8 Å². The Balaban J connectivity index is 1.64. The molecule has 0 aliphatic heterocycles. The van der Waals surface area contributed by atoms with Gasteiger partial charge in [-0.1, -0.05) is 5.16 Å². The first kappa shape index (κ1) is 16.7. The number of hydrogen-bond acceptors (Lipinski definition) is 6. The molecule has 2 rings (SSSR count). The predicted octanol–water partition coefficient (Wildman–Crippen LogP) is 1.96. The smallest absolute Gasteiger partial charge is 0.407 e. The van der Waals surface area contributed by atoms with Crippen molar-refractivity contribution in [1.29, 1.82) is 0 Å². The molecule has 7 nitrogen and oxygen atoms in total. The van der Waals surface area contributed by atoms with Crippen molar-refractivity contribution in [3.63, 3.8) is 0 Å². The summed E-state index contributed by atoms with van der Waals surface area (Å²) >= 11 is 0. The van der Waals surface area contributed by atoms with Gasteiger partial charge in [0.1, 0.15) is 5.60 Å². The van der Waals surface area contributed by atoms with E-state index in [-0.39, 0.29) is 12.1 Å². The maximum absolute atomic E-state index is 11.7. The fourth-order valence-corrected chi connectivity index (χ4v) is 2.60. The van der Waals surface area contributed by atoms with Crippen molar-refractivity contribution in [3.8, 4) is 0 Å². The van der Waals surface area contributed by atoms with Gasteiger partial charge in [-0.15, -0.1) is 0 Å². The largest absolute Gasteiger partial charge is 0.444 e. The Labute approximate surface area is 131 Å². The van der Waals surface area contributed by atoms with E-state index in [1.54, 1.807) is 0 Å². The van der Waals surface area contributed by atoms with Gasteiger partial charge in [-0.25, -0.2) is 4.79 Å². The molecule has 1 amide bonds. The normalized spacial score (nSPS) is 21.8. The van der Waals surface area contributed by atoms with Crippen LogP contribution < -0.4 is 10.6 Å². The van der Waals surface area contributed by atoms with E-state index in [0.717, 1.165) is 32.2 Å². The molecule has 1 fully saturated rings. The lowest BCUT2D eigenvalue weighted by Gasteiger charge is -2.21. The van der Waals surface area contributed by atoms with Crippen LogP contribution in [0.25, 0.3) is 0 Å². The Morgan fingerprint density at radius 3 is 2.73 bits per heavy atom. The highest BCUT2D eigenvalue weighted by Crippen LogP contribution is 2.19. The Morgan fingerprint density at radius 2 is 2.09 bits per heavy atom. The molecule has 124 valence electrons. The van der Waals surface area contributed by atoms with Crippen LogP contribution in [0, 0.1) is 6.92 Å². The number of aromatic nitrogens is 2. The van der Waals surface area contributed by atoms with E-state index in [9.17, 15) is 4.79 Å². The number of amides is 1. The first-order chi connectivity index (χ1) is 10.3. The van der Waals surface area contributed by atoms with E-state index < -0.39 is 5.60 Å². The molecule has 1 heterocycles. The number of hydrogen-bond donors (Lipinski definition) is 2. The van der Waals surface area contributed by atoms with Crippen molar-refractivity contribution in [2.75, 3.05) is 6.54 Å². The minimum atomic E-state index is -0.456. The summed E-state index contributed by atoms with van der Waals surface area (Å²) in [6.07, 6.45) is 3.32. The van der Waals surface area contributed by atoms with Gasteiger partial charge in [0.05, 0.1) is 0 Å². The number of alkyl carbamates (subject to hydrolysis) is 1. The number of ether oxygens (including phenoxy) is 1. The summed E-state index contributed by atoms with van der Waals surface area (Å²) in [5.74, 6) is 1.32. The van der Waals surface area contributed by atoms with Crippen molar-refractivity contribution in [3.05, 3.63) is 11.7 Å². The van der Waals surface area contributed by atoms with E-state index in [0.29, 0.717) is 17.8 Å². The molecule has 2 unspecified atom stereocenters. The third-order valence-electron chi connectivity index (χ3n) is 3.49. The second-order valence-corrected chi connectivity index (χ2v) is 6.79. The van der Waals surface area contributed by atoms with Crippen LogP contribution in [-0.2, 0) is 11.2 Å². The Morgan fingerprint density at radius 1 is 1.36 bits per heavy atom. The molecular formula is C15H26N4O3. The van der Waals surface area contributed by atoms with Gasteiger partial charge in [0.25, 0.3) is 0 Å². The predicted molar refractivity (Wildman–Crippen MR) is 81.5 cm³/mol. The first-order valence-electron chi connectivity index (χ1n) is 7.84. The van der Waals surface area contributed by atoms with Crippen molar-refractivity contribution in [1.82, 2.24) is 20.8 Å². The maximum Gasteiger partial charge on any atom is 0.407 e. The van der Waals surface area contributed by atoms with Crippen LogP contribution in [0.1, 0.15) is 51.7 Å². The molecule has 1 aromatic heterocycles. The topological polar surface area (TPSA) is 89.3 Å². The molecule has 2 N–H and O–H groups in total. The standard InChI is InChI=1S/C15H26N4O3/c1-10-17-13(22-19-10)7-8-16-11-5-6-12(9-11)18-14(20)21-15(2,3)4/h11-12,16H,5-9H2,1-4H3,(H,18,20). The Hall–Kier alpha value is -1.63. The number of rotatable bonds is 5. The highest BCUT2D eigenvalue weighted by molar-refractivity contribution is 5.68. The quantitative estimate of drug-likeness (QED) is 0.864. The van der Waals surface area contributed by atoms with Gasteiger partial charge in [-0.3, -0.25) is 0 Å². The van der Waals surface area contributed by atoms with Crippen LogP contribution in [0.4, 0.5) is 4.79 Å². The molecule has 1 aliphatic carbocycles. The van der Waals surface area contributed by atoms with Gasteiger partial charge in [-0.05, 0) is 47.0 Å². The second-order valence-electron chi connectivity index (χ2n) is 6.79. The fourth-order valence-electron chi connectivity index (χ4n) is 2.60. The first-order valence-corrected chi connectivity index (χ1v) is 7.84. The molecule has 0 saturated heterocycles. The summed E-state index contributed by atoms with van der Waals surface area (Å²) in [7, 11) is 0. The lowest BCUT2D eigenvalue weighted by atomic mass is 10.2. The van der Waals surface area contributed by atoms with Crippen LogP contribution in [0.15, 0.2) is 4.52 Å². The lowest BCUT2D eigenvalue weighted by molar-refractivity contribution is 0.0505. The zero-order valence-corrected chi connectivity index (χ0v) is 13.8. The molecule has 0 bridgehead atoms. The van der Waals surface area contributed by atoms with Crippen LogP contribution in [0.2, 0.25) is 0 Å². The monoisotopic (exact) mass is 310 g/mol. The minimum absolute atomic E-state index is 0.179. The van der Waals surface area contributed by atoms with Crippen LogP contribution in [0.5, 0.6) is 0 Å². The van der Waals surface area contributed by atoms with Crippen molar-refractivity contribution >= 4 is 6.09 Å². The number of nitrogens with zero attached hydrogens (tertiary/aromatic N) is 2. The van der Waals surface area contributed by atoms with E-state index in [1.807, 2.05) is 27.7 Å². The van der Waals surface area contributed by atoms with Crippen molar-refractivity contribution in [2.45, 2.75) is 71.1 Å². The molecule has 1 aliphatic rings. The molecule has 0 radical (unpaired) electrons. The number of aryl methyl sites for hydroxylation is 1. The Kier molecular flexibility index (Phi) is 5.39. The zero-order valence-electron chi connectivity index (χ0n) is 13.8. The average Bonchev–Trinajstić information content (AvgIpc) is 2.97. The van der Waals surface area contributed by atoms with Gasteiger partial charge in [-0.2, -0.15) is 4.98 Å². The molecule has 7 heteroatoms. The van der Waals surface area contributed by atoms with Crippen LogP contribution in [0.3, 0.4) is 0 Å². The van der Waals surface area contributed by atoms with E-state index in [1.165, 1.54) is 0 Å². The van der Waals surface area contributed by atoms with Crippen molar-refractivity contribution < 1.29 is 14.1 Å². The zero-order chi connectivity index (χ0) is 16.2. The maximum atomic E-state index is 11.7. The number of carbonyl (C=O) groups is 1.